The van der Waals surface area contributed by atoms with Crippen molar-refractivity contribution in [3.63, 3.8) is 0 Å². The van der Waals surface area contributed by atoms with Crippen LogP contribution in [0, 0.1) is 6.92 Å². The normalized spacial score (nSPS) is 12.0. The Labute approximate surface area is 107 Å². The maximum absolute atomic E-state index is 5.39. The Morgan fingerprint density at radius 3 is 2.72 bits per heavy atom. The molecule has 0 aromatic carbocycles. The molecule has 1 N–H and O–H groups in total. The molecule has 0 fully saturated rings. The molecular formula is C13H20N4O. The molecule has 0 aliphatic heterocycles. The smallest absolute Gasteiger partial charge is 0.236 e. The number of rotatable bonds is 4. The van der Waals surface area contributed by atoms with Gasteiger partial charge in [-0.05, 0) is 32.9 Å². The summed E-state index contributed by atoms with van der Waals surface area (Å²) in [5, 5.41) is 11.3. The number of nitrogens with zero attached hydrogens (tertiary/aromatic N) is 3. The highest BCUT2D eigenvalue weighted by Gasteiger charge is 2.11. The Morgan fingerprint density at radius 2 is 2.11 bits per heavy atom. The van der Waals surface area contributed by atoms with Crippen molar-refractivity contribution in [2.75, 3.05) is 0 Å². The van der Waals surface area contributed by atoms with Crippen molar-refractivity contribution >= 4 is 0 Å². The minimum absolute atomic E-state index is 0.107. The van der Waals surface area contributed by atoms with Crippen LogP contribution < -0.4 is 5.32 Å². The van der Waals surface area contributed by atoms with Gasteiger partial charge in [0.2, 0.25) is 11.8 Å². The molecule has 0 spiro atoms. The fraction of sp³-hybridized carbons (Fsp3) is 0.538. The molecule has 0 amide bonds. The molecule has 5 nitrogen and oxygen atoms in total. The van der Waals surface area contributed by atoms with Crippen LogP contribution in [0.5, 0.6) is 0 Å². The molecule has 98 valence electrons. The number of aromatic nitrogens is 3. The van der Waals surface area contributed by atoms with E-state index in [-0.39, 0.29) is 5.54 Å². The number of hydrogen-bond donors (Lipinski definition) is 1. The fourth-order valence-corrected chi connectivity index (χ4v) is 1.67. The van der Waals surface area contributed by atoms with Gasteiger partial charge in [0.25, 0.3) is 0 Å². The first-order valence-corrected chi connectivity index (χ1v) is 6.12. The van der Waals surface area contributed by atoms with Crippen molar-refractivity contribution in [2.45, 2.75) is 46.3 Å². The van der Waals surface area contributed by atoms with E-state index in [1.807, 2.05) is 12.3 Å². The van der Waals surface area contributed by atoms with Crippen molar-refractivity contribution < 1.29 is 4.42 Å². The standard InChI is InChI=1S/C13H20N4O/c1-10-15-16-12(18-10)9-17-7-5-6-11(17)8-14-13(2,3)4/h5-7,14H,8-9H2,1-4H3. The lowest BCUT2D eigenvalue weighted by molar-refractivity contribution is 0.411. The van der Waals surface area contributed by atoms with Crippen molar-refractivity contribution in [3.05, 3.63) is 35.8 Å². The first kappa shape index (κ1) is 12.8. The van der Waals surface area contributed by atoms with E-state index in [1.54, 1.807) is 6.92 Å². The van der Waals surface area contributed by atoms with E-state index < -0.39 is 0 Å². The summed E-state index contributed by atoms with van der Waals surface area (Å²) in [6, 6.07) is 4.13. The lowest BCUT2D eigenvalue weighted by Gasteiger charge is -2.21. The lowest BCUT2D eigenvalue weighted by Crippen LogP contribution is -2.35. The fourth-order valence-electron chi connectivity index (χ4n) is 1.67. The van der Waals surface area contributed by atoms with Crippen LogP contribution in [0.1, 0.15) is 38.2 Å². The van der Waals surface area contributed by atoms with Crippen molar-refractivity contribution in [3.8, 4) is 0 Å². The van der Waals surface area contributed by atoms with E-state index >= 15 is 0 Å². The number of aryl methyl sites for hydroxylation is 1. The molecule has 0 unspecified atom stereocenters. The predicted octanol–water partition coefficient (Wildman–Crippen LogP) is 2.12. The summed E-state index contributed by atoms with van der Waals surface area (Å²) in [6.07, 6.45) is 2.03. The molecule has 2 rings (SSSR count). The number of nitrogens with one attached hydrogen (secondary N) is 1. The molecular weight excluding hydrogens is 228 g/mol. The average Bonchev–Trinajstić information content (AvgIpc) is 2.85. The maximum atomic E-state index is 5.39. The minimum Gasteiger partial charge on any atom is -0.424 e. The Morgan fingerprint density at radius 1 is 1.33 bits per heavy atom. The summed E-state index contributed by atoms with van der Waals surface area (Å²) in [7, 11) is 0. The summed E-state index contributed by atoms with van der Waals surface area (Å²) in [5.41, 5.74) is 1.32. The van der Waals surface area contributed by atoms with Crippen molar-refractivity contribution in [2.24, 2.45) is 0 Å². The quantitative estimate of drug-likeness (QED) is 0.900. The molecule has 0 saturated carbocycles. The molecule has 18 heavy (non-hydrogen) atoms. The van der Waals surface area contributed by atoms with Crippen LogP contribution in [0.25, 0.3) is 0 Å². The second-order valence-electron chi connectivity index (χ2n) is 5.45. The summed E-state index contributed by atoms with van der Waals surface area (Å²) in [6.45, 7) is 9.71. The molecule has 0 radical (unpaired) electrons. The predicted molar refractivity (Wildman–Crippen MR) is 69.2 cm³/mol. The first-order chi connectivity index (χ1) is 8.44. The zero-order valence-electron chi connectivity index (χ0n) is 11.4. The Kier molecular flexibility index (Phi) is 3.52. The Hall–Kier alpha value is -1.62. The van der Waals surface area contributed by atoms with Gasteiger partial charge >= 0.3 is 0 Å². The monoisotopic (exact) mass is 248 g/mol. The summed E-state index contributed by atoms with van der Waals surface area (Å²) in [4.78, 5) is 0. The van der Waals surface area contributed by atoms with Gasteiger partial charge in [-0.15, -0.1) is 10.2 Å². The minimum atomic E-state index is 0.107. The molecule has 5 heteroatoms. The van der Waals surface area contributed by atoms with Gasteiger partial charge in [0.15, 0.2) is 0 Å². The highest BCUT2D eigenvalue weighted by atomic mass is 16.4. The van der Waals surface area contributed by atoms with Crippen LogP contribution in [0.3, 0.4) is 0 Å². The van der Waals surface area contributed by atoms with Crippen LogP contribution in [0.2, 0.25) is 0 Å². The van der Waals surface area contributed by atoms with Crippen molar-refractivity contribution in [1.82, 2.24) is 20.1 Å². The molecule has 2 heterocycles. The zero-order chi connectivity index (χ0) is 13.2. The van der Waals surface area contributed by atoms with Gasteiger partial charge in [0.1, 0.15) is 6.54 Å². The highest BCUT2D eigenvalue weighted by molar-refractivity contribution is 5.08. The number of hydrogen-bond acceptors (Lipinski definition) is 4. The van der Waals surface area contributed by atoms with E-state index in [1.165, 1.54) is 5.69 Å². The Balaban J connectivity index is 2.03. The van der Waals surface area contributed by atoms with E-state index in [0.29, 0.717) is 18.3 Å². The third-order valence-corrected chi connectivity index (χ3v) is 2.60. The Bertz CT molecular complexity index is 507. The van der Waals surface area contributed by atoms with Gasteiger partial charge in [-0.2, -0.15) is 0 Å². The topological polar surface area (TPSA) is 55.9 Å². The summed E-state index contributed by atoms with van der Waals surface area (Å²) >= 11 is 0. The molecule has 2 aromatic rings. The van der Waals surface area contributed by atoms with Gasteiger partial charge in [0.05, 0.1) is 0 Å². The molecule has 0 atom stereocenters. The van der Waals surface area contributed by atoms with Gasteiger partial charge < -0.3 is 14.3 Å². The lowest BCUT2D eigenvalue weighted by atomic mass is 10.1. The van der Waals surface area contributed by atoms with Gasteiger partial charge in [-0.1, -0.05) is 0 Å². The van der Waals surface area contributed by atoms with E-state index in [9.17, 15) is 0 Å². The molecule has 0 bridgehead atoms. The van der Waals surface area contributed by atoms with Crippen LogP contribution in [0.4, 0.5) is 0 Å². The van der Waals surface area contributed by atoms with E-state index in [4.69, 9.17) is 4.42 Å². The van der Waals surface area contributed by atoms with Crippen LogP contribution in [-0.2, 0) is 13.1 Å². The van der Waals surface area contributed by atoms with Crippen LogP contribution in [-0.4, -0.2) is 20.3 Å². The molecule has 0 aliphatic carbocycles. The van der Waals surface area contributed by atoms with E-state index in [2.05, 4.69) is 46.9 Å². The average molecular weight is 248 g/mol. The van der Waals surface area contributed by atoms with Crippen LogP contribution in [0.15, 0.2) is 22.7 Å². The summed E-state index contributed by atoms with van der Waals surface area (Å²) < 4.78 is 7.51. The second-order valence-corrected chi connectivity index (χ2v) is 5.45. The summed E-state index contributed by atoms with van der Waals surface area (Å²) in [5.74, 6) is 1.24. The largest absolute Gasteiger partial charge is 0.424 e. The zero-order valence-corrected chi connectivity index (χ0v) is 11.4. The SMILES string of the molecule is Cc1nnc(Cn2cccc2CNC(C)(C)C)o1. The molecule has 0 saturated heterocycles. The van der Waals surface area contributed by atoms with Gasteiger partial charge in [-0.3, -0.25) is 0 Å². The first-order valence-electron chi connectivity index (χ1n) is 6.12. The highest BCUT2D eigenvalue weighted by Crippen LogP contribution is 2.09. The van der Waals surface area contributed by atoms with Crippen LogP contribution >= 0.6 is 0 Å². The third kappa shape index (κ3) is 3.43. The maximum Gasteiger partial charge on any atom is 0.236 e. The third-order valence-electron chi connectivity index (χ3n) is 2.60. The second kappa shape index (κ2) is 4.94. The molecule has 0 aliphatic rings. The molecule has 2 aromatic heterocycles. The van der Waals surface area contributed by atoms with E-state index in [0.717, 1.165) is 6.54 Å². The van der Waals surface area contributed by atoms with Crippen molar-refractivity contribution in [1.29, 1.82) is 0 Å². The van der Waals surface area contributed by atoms with Gasteiger partial charge in [-0.25, -0.2) is 0 Å². The van der Waals surface area contributed by atoms with Gasteiger partial charge in [0, 0.05) is 30.9 Å².